The normalized spacial score (nSPS) is 12.2. The fourth-order valence-electron chi connectivity index (χ4n) is 0.375. The predicted molar refractivity (Wildman–Crippen MR) is 36.5 cm³/mol. The summed E-state index contributed by atoms with van der Waals surface area (Å²) in [5, 5.41) is 6.50. The van der Waals surface area contributed by atoms with E-state index in [1.807, 2.05) is 0 Å². The predicted octanol–water partition coefficient (Wildman–Crippen LogP) is -5.17. The summed E-state index contributed by atoms with van der Waals surface area (Å²) < 4.78 is 54.7. The van der Waals surface area contributed by atoms with E-state index in [0.717, 1.165) is 0 Å². The molecule has 0 spiro atoms. The summed E-state index contributed by atoms with van der Waals surface area (Å²) in [5.74, 6) is 0. The molecule has 0 aliphatic carbocycles. The van der Waals surface area contributed by atoms with E-state index in [1.165, 1.54) is 0 Å². The molecule has 0 saturated carbocycles. The van der Waals surface area contributed by atoms with Crippen molar-refractivity contribution >= 4 is 20.2 Å². The van der Waals surface area contributed by atoms with E-state index in [1.54, 1.807) is 0 Å². The molecule has 7 nitrogen and oxygen atoms in total. The largest absolute Gasteiger partial charge is 1.00 e. The van der Waals surface area contributed by atoms with E-state index < -0.39 is 38.5 Å². The van der Waals surface area contributed by atoms with Gasteiger partial charge in [0.2, 0.25) is 0 Å². The third-order valence-electron chi connectivity index (χ3n) is 0.643. The van der Waals surface area contributed by atoms with Gasteiger partial charge in [0.05, 0.1) is 13.2 Å². The summed E-state index contributed by atoms with van der Waals surface area (Å²) in [6.45, 7) is -1.13. The second-order valence-corrected chi connectivity index (χ2v) is 5.19. The Morgan fingerprint density at radius 3 is 2.00 bits per heavy atom. The summed E-state index contributed by atoms with van der Waals surface area (Å²) in [6, 6.07) is 0. The molecule has 0 aromatic heterocycles. The van der Waals surface area contributed by atoms with Gasteiger partial charge in [-0.05, 0) is 0 Å². The van der Waals surface area contributed by atoms with Gasteiger partial charge in [0.15, 0.2) is 5.08 Å². The fraction of sp³-hybridized carbons (Fsp3) is 1.00. The van der Waals surface area contributed by atoms with Crippen LogP contribution >= 0.6 is 0 Å². The van der Waals surface area contributed by atoms with E-state index in [0.29, 0.717) is 0 Å². The Bertz CT molecular complexity index is 316. The molecule has 0 aromatic rings. The van der Waals surface area contributed by atoms with Gasteiger partial charge in [0.25, 0.3) is 10.1 Å². The van der Waals surface area contributed by atoms with E-state index in [9.17, 15) is 21.4 Å². The zero-order valence-corrected chi connectivity index (χ0v) is 10.5. The van der Waals surface area contributed by atoms with Crippen LogP contribution < -0.4 is 29.6 Å². The Morgan fingerprint density at radius 1 is 1.23 bits per heavy atom. The average Bonchev–Trinajstić information content (AvgIpc) is 1.78. The first-order valence-corrected chi connectivity index (χ1v) is 5.84. The molecule has 0 amide bonds. The van der Waals surface area contributed by atoms with Crippen LogP contribution in [0.4, 0.5) is 0 Å². The van der Waals surface area contributed by atoms with Crippen LogP contribution in [-0.4, -0.2) is 44.8 Å². The van der Waals surface area contributed by atoms with Crippen LogP contribution in [0, 0.1) is 0 Å². The van der Waals surface area contributed by atoms with Crippen molar-refractivity contribution < 1.29 is 60.2 Å². The molecule has 0 atom stereocenters. The van der Waals surface area contributed by atoms with Crippen molar-refractivity contribution in [2.45, 2.75) is 0 Å². The third kappa shape index (κ3) is 10.7. The molecule has 0 saturated heterocycles. The van der Waals surface area contributed by atoms with Crippen LogP contribution in [0.2, 0.25) is 0 Å². The zero-order valence-electron chi connectivity index (χ0n) is 6.83. The molecule has 0 fully saturated rings. The summed E-state index contributed by atoms with van der Waals surface area (Å²) in [4.78, 5) is 0. The SMILES string of the molecule is O=S(=O)([O-])CS(=O)(=O)OCCO.[Na+]. The van der Waals surface area contributed by atoms with Gasteiger partial charge >= 0.3 is 29.6 Å². The molecule has 0 bridgehead atoms. The standard InChI is InChI=1S/C3H8O7S2.Na/c4-1-2-10-12(8,9)3-11(5,6)7;/h4H,1-3H2,(H,5,6,7);/q;+1/p-1. The summed E-state index contributed by atoms with van der Waals surface area (Å²) in [6.07, 6.45) is 0. The van der Waals surface area contributed by atoms with Crippen molar-refractivity contribution in [1.82, 2.24) is 0 Å². The van der Waals surface area contributed by atoms with Crippen LogP contribution in [0.3, 0.4) is 0 Å². The van der Waals surface area contributed by atoms with Crippen molar-refractivity contribution in [2.24, 2.45) is 0 Å². The number of aliphatic hydroxyl groups excluding tert-OH is 1. The van der Waals surface area contributed by atoms with Crippen molar-refractivity contribution in [1.29, 1.82) is 0 Å². The zero-order chi connectivity index (χ0) is 9.83. The molecule has 0 aromatic carbocycles. The van der Waals surface area contributed by atoms with Crippen molar-refractivity contribution in [2.75, 3.05) is 18.3 Å². The van der Waals surface area contributed by atoms with E-state index in [-0.39, 0.29) is 29.6 Å². The molecular weight excluding hydrogens is 235 g/mol. The minimum atomic E-state index is -4.86. The summed E-state index contributed by atoms with van der Waals surface area (Å²) in [5.41, 5.74) is 0. The van der Waals surface area contributed by atoms with Crippen LogP contribution in [0.15, 0.2) is 0 Å². The van der Waals surface area contributed by atoms with Crippen LogP contribution in [-0.2, 0) is 24.4 Å². The monoisotopic (exact) mass is 242 g/mol. The molecule has 0 aliphatic heterocycles. The van der Waals surface area contributed by atoms with Crippen LogP contribution in [0.5, 0.6) is 0 Å². The fourth-order valence-corrected chi connectivity index (χ4v) is 2.39. The van der Waals surface area contributed by atoms with Gasteiger partial charge in [-0.1, -0.05) is 0 Å². The molecule has 0 heterocycles. The molecular formula is C3H7NaO7S2. The van der Waals surface area contributed by atoms with Gasteiger partial charge < -0.3 is 9.66 Å². The second kappa shape index (κ2) is 6.30. The number of aliphatic hydroxyl groups is 1. The van der Waals surface area contributed by atoms with Crippen molar-refractivity contribution in [3.8, 4) is 0 Å². The average molecular weight is 242 g/mol. The smallest absolute Gasteiger partial charge is 0.747 e. The Hall–Kier alpha value is 0.780. The van der Waals surface area contributed by atoms with E-state index >= 15 is 0 Å². The van der Waals surface area contributed by atoms with Gasteiger partial charge in [-0.2, -0.15) is 8.42 Å². The minimum Gasteiger partial charge on any atom is -0.747 e. The maximum absolute atomic E-state index is 10.5. The summed E-state index contributed by atoms with van der Waals surface area (Å²) >= 11 is 0. The van der Waals surface area contributed by atoms with Gasteiger partial charge in [-0.25, -0.2) is 8.42 Å². The first kappa shape index (κ1) is 16.2. The van der Waals surface area contributed by atoms with Crippen molar-refractivity contribution in [3.63, 3.8) is 0 Å². The van der Waals surface area contributed by atoms with Gasteiger partial charge in [0, 0.05) is 0 Å². The molecule has 0 aliphatic rings. The molecule has 10 heteroatoms. The van der Waals surface area contributed by atoms with Crippen molar-refractivity contribution in [3.05, 3.63) is 0 Å². The topological polar surface area (TPSA) is 121 Å². The maximum atomic E-state index is 10.5. The molecule has 0 rings (SSSR count). The van der Waals surface area contributed by atoms with Gasteiger partial charge in [-0.3, -0.25) is 4.18 Å². The Balaban J connectivity index is 0. The molecule has 13 heavy (non-hydrogen) atoms. The van der Waals surface area contributed by atoms with E-state index in [2.05, 4.69) is 4.18 Å². The quantitative estimate of drug-likeness (QED) is 0.290. The molecule has 74 valence electrons. The van der Waals surface area contributed by atoms with Gasteiger partial charge in [0.1, 0.15) is 10.1 Å². The van der Waals surface area contributed by atoms with Crippen LogP contribution in [0.25, 0.3) is 0 Å². The third-order valence-corrected chi connectivity index (χ3v) is 3.48. The number of hydrogen-bond donors (Lipinski definition) is 1. The van der Waals surface area contributed by atoms with Crippen LogP contribution in [0.1, 0.15) is 0 Å². The first-order valence-electron chi connectivity index (χ1n) is 2.68. The minimum absolute atomic E-state index is 0. The number of hydrogen-bond acceptors (Lipinski definition) is 7. The Labute approximate surface area is 98.3 Å². The second-order valence-electron chi connectivity index (χ2n) is 1.78. The molecule has 0 radical (unpaired) electrons. The first-order chi connectivity index (χ1) is 5.27. The Morgan fingerprint density at radius 2 is 1.69 bits per heavy atom. The Kier molecular flexibility index (Phi) is 7.86. The molecule has 0 unspecified atom stereocenters. The van der Waals surface area contributed by atoms with E-state index in [4.69, 9.17) is 5.11 Å². The van der Waals surface area contributed by atoms with Gasteiger partial charge in [-0.15, -0.1) is 0 Å². The molecule has 1 N–H and O–H groups in total. The summed E-state index contributed by atoms with van der Waals surface area (Å²) in [7, 11) is -9.22. The maximum Gasteiger partial charge on any atom is 1.00 e. The number of rotatable bonds is 5.